The van der Waals surface area contributed by atoms with Gasteiger partial charge in [0.05, 0.1) is 27.2 Å². The number of nitrogens with one attached hydrogen (secondary N) is 1. The quantitative estimate of drug-likeness (QED) is 0.312. The molecule has 1 fully saturated rings. The lowest BCUT2D eigenvalue weighted by atomic mass is 10.2. The van der Waals surface area contributed by atoms with Gasteiger partial charge in [-0.1, -0.05) is 61.0 Å². The Labute approximate surface area is 195 Å². The summed E-state index contributed by atoms with van der Waals surface area (Å²) in [4.78, 5) is 17.2. The maximum absolute atomic E-state index is 12.3. The summed E-state index contributed by atoms with van der Waals surface area (Å²) in [6, 6.07) is 10.5. The van der Waals surface area contributed by atoms with Crippen molar-refractivity contribution >= 4 is 69.4 Å². The number of carbonyl (C=O) groups excluding carboxylic acids is 1. The molecule has 0 spiro atoms. The van der Waals surface area contributed by atoms with E-state index in [4.69, 9.17) is 39.5 Å². The Bertz CT molecular complexity index is 952. The summed E-state index contributed by atoms with van der Waals surface area (Å²) in [6.45, 7) is 2.74. The first-order valence-corrected chi connectivity index (χ1v) is 11.6. The molecule has 0 radical (unpaired) electrons. The number of thioether (sulfide) groups is 1. The topological polar surface area (TPSA) is 50.7 Å². The van der Waals surface area contributed by atoms with Crippen molar-refractivity contribution in [1.29, 1.82) is 0 Å². The Morgan fingerprint density at radius 1 is 1.07 bits per heavy atom. The minimum atomic E-state index is -0.226. The van der Waals surface area contributed by atoms with E-state index in [1.54, 1.807) is 42.5 Å². The summed E-state index contributed by atoms with van der Waals surface area (Å²) >= 11 is 19.9. The third-order valence-corrected chi connectivity index (χ3v) is 5.99. The van der Waals surface area contributed by atoms with Crippen LogP contribution in [0, 0.1) is 0 Å². The van der Waals surface area contributed by atoms with E-state index in [1.165, 1.54) is 24.6 Å². The molecule has 8 heteroatoms. The van der Waals surface area contributed by atoms with Crippen molar-refractivity contribution in [2.24, 2.45) is 4.99 Å². The smallest absolute Gasteiger partial charge is 0.264 e. The van der Waals surface area contributed by atoms with Gasteiger partial charge >= 0.3 is 0 Å². The average Bonchev–Trinajstić information content (AvgIpc) is 3.04. The molecule has 0 atom stereocenters. The predicted octanol–water partition coefficient (Wildman–Crippen LogP) is 7.50. The minimum Gasteiger partial charge on any atom is -0.490 e. The van der Waals surface area contributed by atoms with Crippen molar-refractivity contribution in [2.75, 3.05) is 6.61 Å². The first-order chi connectivity index (χ1) is 14.5. The van der Waals surface area contributed by atoms with Gasteiger partial charge in [0.15, 0.2) is 10.9 Å². The van der Waals surface area contributed by atoms with Gasteiger partial charge in [-0.05, 0) is 66.2 Å². The molecule has 158 valence electrons. The molecular formula is C22H21Cl3N2O2S. The number of nitrogens with zero attached hydrogens (tertiary/aromatic N) is 1. The summed E-state index contributed by atoms with van der Waals surface area (Å²) in [5, 5.41) is 4.72. The second kappa shape index (κ2) is 11.1. The molecule has 0 aliphatic carbocycles. The van der Waals surface area contributed by atoms with Crippen molar-refractivity contribution in [3.8, 4) is 5.75 Å². The Morgan fingerprint density at radius 3 is 2.43 bits per heavy atom. The predicted molar refractivity (Wildman–Crippen MR) is 128 cm³/mol. The molecule has 0 bridgehead atoms. The van der Waals surface area contributed by atoms with Crippen LogP contribution in [0.15, 0.2) is 46.3 Å². The highest BCUT2D eigenvalue weighted by Gasteiger charge is 2.24. The second-order valence-electron chi connectivity index (χ2n) is 6.68. The highest BCUT2D eigenvalue weighted by atomic mass is 35.5. The highest BCUT2D eigenvalue weighted by molar-refractivity contribution is 8.18. The van der Waals surface area contributed by atoms with Crippen LogP contribution in [0.5, 0.6) is 5.75 Å². The van der Waals surface area contributed by atoms with Crippen molar-refractivity contribution in [2.45, 2.75) is 32.6 Å². The van der Waals surface area contributed by atoms with Gasteiger partial charge < -0.3 is 10.1 Å². The zero-order valence-electron chi connectivity index (χ0n) is 16.4. The largest absolute Gasteiger partial charge is 0.490 e. The molecule has 30 heavy (non-hydrogen) atoms. The van der Waals surface area contributed by atoms with Crippen LogP contribution < -0.4 is 10.1 Å². The first-order valence-electron chi connectivity index (χ1n) is 9.63. The number of hydrogen-bond donors (Lipinski definition) is 1. The molecule has 0 saturated carbocycles. The van der Waals surface area contributed by atoms with Crippen LogP contribution in [0.3, 0.4) is 0 Å². The van der Waals surface area contributed by atoms with Crippen LogP contribution in [0.4, 0.5) is 5.69 Å². The number of carbonyl (C=O) groups is 1. The van der Waals surface area contributed by atoms with E-state index in [-0.39, 0.29) is 5.91 Å². The van der Waals surface area contributed by atoms with E-state index >= 15 is 0 Å². The van der Waals surface area contributed by atoms with Crippen molar-refractivity contribution in [3.05, 3.63) is 61.9 Å². The van der Waals surface area contributed by atoms with E-state index in [9.17, 15) is 4.79 Å². The molecular weight excluding hydrogens is 463 g/mol. The number of halogens is 3. The second-order valence-corrected chi connectivity index (χ2v) is 8.96. The molecule has 0 unspecified atom stereocenters. The lowest BCUT2D eigenvalue weighted by molar-refractivity contribution is -0.115. The molecule has 4 nitrogen and oxygen atoms in total. The fraction of sp³-hybridized carbons (Fsp3) is 0.273. The van der Waals surface area contributed by atoms with Crippen molar-refractivity contribution in [3.63, 3.8) is 0 Å². The third-order valence-electron chi connectivity index (χ3n) is 4.27. The molecule has 1 aliphatic heterocycles. The van der Waals surface area contributed by atoms with Crippen molar-refractivity contribution < 1.29 is 9.53 Å². The monoisotopic (exact) mass is 482 g/mol. The average molecular weight is 484 g/mol. The SMILES string of the molecule is CCCCCCOc1c(Cl)cc(/C=C2/SC(=Nc3ccc(Cl)cc3)NC2=O)cc1Cl. The third kappa shape index (κ3) is 6.42. The Balaban J connectivity index is 1.70. The number of benzene rings is 2. The lowest BCUT2D eigenvalue weighted by Gasteiger charge is -2.11. The Morgan fingerprint density at radius 2 is 1.77 bits per heavy atom. The summed E-state index contributed by atoms with van der Waals surface area (Å²) in [5.74, 6) is 0.252. The number of ether oxygens (including phenoxy) is 1. The fourth-order valence-corrected chi connectivity index (χ4v) is 4.35. The van der Waals surface area contributed by atoms with Crippen LogP contribution >= 0.6 is 46.6 Å². The number of unbranched alkanes of at least 4 members (excludes halogenated alkanes) is 3. The standard InChI is InChI=1S/C22H21Cl3N2O2S/c1-2-3-4-5-10-29-20-17(24)11-14(12-18(20)25)13-19-21(28)27-22(30-19)26-16-8-6-15(23)7-9-16/h6-9,11-13H,2-5,10H2,1H3,(H,26,27,28)/b19-13+. The van der Waals surface area contributed by atoms with Crippen LogP contribution in [-0.2, 0) is 4.79 Å². The normalized spacial score (nSPS) is 16.3. The molecule has 1 aliphatic rings. The molecule has 2 aromatic rings. The number of rotatable bonds is 8. The number of amidine groups is 1. The van der Waals surface area contributed by atoms with Gasteiger partial charge in [0.25, 0.3) is 5.91 Å². The van der Waals surface area contributed by atoms with E-state index in [0.29, 0.717) is 48.7 Å². The Hall–Kier alpha value is -1.66. The molecule has 0 aromatic heterocycles. The van der Waals surface area contributed by atoms with Gasteiger partial charge in [0, 0.05) is 5.02 Å². The zero-order valence-corrected chi connectivity index (χ0v) is 19.5. The highest BCUT2D eigenvalue weighted by Crippen LogP contribution is 2.36. The van der Waals surface area contributed by atoms with Gasteiger partial charge in [0.1, 0.15) is 0 Å². The number of hydrogen-bond acceptors (Lipinski definition) is 4. The molecule has 1 saturated heterocycles. The van der Waals surface area contributed by atoms with E-state index in [1.807, 2.05) is 0 Å². The maximum Gasteiger partial charge on any atom is 0.264 e. The van der Waals surface area contributed by atoms with Crippen LogP contribution in [0.2, 0.25) is 15.1 Å². The molecule has 2 aromatic carbocycles. The summed E-state index contributed by atoms with van der Waals surface area (Å²) in [5.41, 5.74) is 1.42. The van der Waals surface area contributed by atoms with Crippen LogP contribution in [-0.4, -0.2) is 17.7 Å². The Kier molecular flexibility index (Phi) is 8.51. The molecule has 1 amide bonds. The van der Waals surface area contributed by atoms with Gasteiger partial charge in [0.2, 0.25) is 0 Å². The molecule has 3 rings (SSSR count). The molecule has 1 heterocycles. The summed E-state index contributed by atoms with van der Waals surface area (Å²) in [6.07, 6.45) is 6.15. The summed E-state index contributed by atoms with van der Waals surface area (Å²) in [7, 11) is 0. The lowest BCUT2D eigenvalue weighted by Crippen LogP contribution is -2.19. The van der Waals surface area contributed by atoms with Crippen molar-refractivity contribution in [1.82, 2.24) is 5.32 Å². The van der Waals surface area contributed by atoms with E-state index in [0.717, 1.165) is 12.8 Å². The van der Waals surface area contributed by atoms with Gasteiger partial charge in [-0.15, -0.1) is 0 Å². The van der Waals surface area contributed by atoms with Gasteiger partial charge in [-0.2, -0.15) is 0 Å². The summed E-state index contributed by atoms with van der Waals surface area (Å²) < 4.78 is 5.75. The number of aliphatic imine (C=N–C) groups is 1. The maximum atomic E-state index is 12.3. The van der Waals surface area contributed by atoms with E-state index in [2.05, 4.69) is 17.2 Å². The van der Waals surface area contributed by atoms with Gasteiger partial charge in [-0.3, -0.25) is 4.79 Å². The minimum absolute atomic E-state index is 0.226. The molecule has 1 N–H and O–H groups in total. The fourth-order valence-electron chi connectivity index (χ4n) is 2.77. The van der Waals surface area contributed by atoms with Gasteiger partial charge in [-0.25, -0.2) is 4.99 Å². The van der Waals surface area contributed by atoms with Crippen LogP contribution in [0.1, 0.15) is 38.2 Å². The van der Waals surface area contributed by atoms with E-state index < -0.39 is 0 Å². The number of amides is 1. The van der Waals surface area contributed by atoms with Crippen LogP contribution in [0.25, 0.3) is 6.08 Å². The zero-order chi connectivity index (χ0) is 21.5. The first kappa shape index (κ1) is 23.0.